The predicted molar refractivity (Wildman–Crippen MR) is 66.3 cm³/mol. The minimum absolute atomic E-state index is 0.0309. The highest BCUT2D eigenvalue weighted by atomic mass is 16.4. The molecule has 1 heterocycles. The molecule has 0 radical (unpaired) electrons. The van der Waals surface area contributed by atoms with Crippen LogP contribution in [-0.2, 0) is 4.79 Å². The maximum absolute atomic E-state index is 11.7. The first-order chi connectivity index (χ1) is 8.29. The summed E-state index contributed by atoms with van der Waals surface area (Å²) in [6.45, 7) is 6.08. The van der Waals surface area contributed by atoms with Crippen LogP contribution in [0.3, 0.4) is 0 Å². The standard InChI is InChI=1S/C13H19NO4/c1-13(2,3)7-6-9(12(16)17)14-11(15)10-5-4-8-18-10/h4-5,8-9H,6-7H2,1-3H3,(H,14,15)(H,16,17). The topological polar surface area (TPSA) is 79.5 Å². The molecule has 5 nitrogen and oxygen atoms in total. The Morgan fingerprint density at radius 1 is 1.44 bits per heavy atom. The second-order valence-corrected chi connectivity index (χ2v) is 5.44. The monoisotopic (exact) mass is 253 g/mol. The Morgan fingerprint density at radius 3 is 2.56 bits per heavy atom. The fraction of sp³-hybridized carbons (Fsp3) is 0.538. The minimum atomic E-state index is -1.03. The highest BCUT2D eigenvalue weighted by molar-refractivity contribution is 5.94. The van der Waals surface area contributed by atoms with Gasteiger partial charge in [-0.1, -0.05) is 20.8 Å². The van der Waals surface area contributed by atoms with Crippen molar-refractivity contribution in [2.24, 2.45) is 5.41 Å². The summed E-state index contributed by atoms with van der Waals surface area (Å²) in [5.74, 6) is -1.41. The molecule has 0 aliphatic rings. The smallest absolute Gasteiger partial charge is 0.326 e. The van der Waals surface area contributed by atoms with Crippen LogP contribution >= 0.6 is 0 Å². The first kappa shape index (κ1) is 14.3. The van der Waals surface area contributed by atoms with E-state index in [1.165, 1.54) is 12.3 Å². The second-order valence-electron chi connectivity index (χ2n) is 5.44. The van der Waals surface area contributed by atoms with Gasteiger partial charge in [-0.05, 0) is 30.4 Å². The molecule has 1 atom stereocenters. The van der Waals surface area contributed by atoms with Gasteiger partial charge in [0.15, 0.2) is 5.76 Å². The number of carboxylic acids is 1. The zero-order valence-corrected chi connectivity index (χ0v) is 10.9. The van der Waals surface area contributed by atoms with Gasteiger partial charge in [0.1, 0.15) is 6.04 Å². The summed E-state index contributed by atoms with van der Waals surface area (Å²) in [7, 11) is 0. The van der Waals surface area contributed by atoms with Crippen LogP contribution in [0, 0.1) is 5.41 Å². The molecule has 0 bridgehead atoms. The molecule has 0 fully saturated rings. The number of furan rings is 1. The normalized spacial score (nSPS) is 13.1. The number of hydrogen-bond donors (Lipinski definition) is 2. The fourth-order valence-corrected chi connectivity index (χ4v) is 1.47. The molecule has 0 saturated carbocycles. The molecule has 5 heteroatoms. The maximum atomic E-state index is 11.7. The summed E-state index contributed by atoms with van der Waals surface area (Å²) in [5, 5.41) is 11.5. The van der Waals surface area contributed by atoms with Gasteiger partial charge in [-0.3, -0.25) is 4.79 Å². The number of hydrogen-bond acceptors (Lipinski definition) is 3. The third kappa shape index (κ3) is 4.61. The van der Waals surface area contributed by atoms with E-state index in [2.05, 4.69) is 5.32 Å². The lowest BCUT2D eigenvalue weighted by Gasteiger charge is -2.21. The van der Waals surface area contributed by atoms with Crippen molar-refractivity contribution in [3.05, 3.63) is 24.2 Å². The Balaban J connectivity index is 2.58. The van der Waals surface area contributed by atoms with E-state index in [4.69, 9.17) is 9.52 Å². The van der Waals surface area contributed by atoms with Gasteiger partial charge in [-0.25, -0.2) is 4.79 Å². The first-order valence-electron chi connectivity index (χ1n) is 5.87. The average molecular weight is 253 g/mol. The molecule has 0 spiro atoms. The number of amides is 1. The average Bonchev–Trinajstić information content (AvgIpc) is 2.75. The Bertz CT molecular complexity index is 403. The van der Waals surface area contributed by atoms with Gasteiger partial charge in [-0.15, -0.1) is 0 Å². The molecular weight excluding hydrogens is 234 g/mol. The third-order valence-electron chi connectivity index (χ3n) is 2.53. The van der Waals surface area contributed by atoms with Crippen molar-refractivity contribution in [2.75, 3.05) is 0 Å². The highest BCUT2D eigenvalue weighted by Gasteiger charge is 2.23. The van der Waals surface area contributed by atoms with Gasteiger partial charge < -0.3 is 14.8 Å². The highest BCUT2D eigenvalue weighted by Crippen LogP contribution is 2.21. The zero-order valence-electron chi connectivity index (χ0n) is 10.9. The number of carboxylic acid groups (broad SMARTS) is 1. The van der Waals surface area contributed by atoms with Gasteiger partial charge in [0, 0.05) is 0 Å². The zero-order chi connectivity index (χ0) is 13.8. The lowest BCUT2D eigenvalue weighted by atomic mass is 9.88. The number of aliphatic carboxylic acids is 1. The summed E-state index contributed by atoms with van der Waals surface area (Å²) in [4.78, 5) is 22.8. The number of rotatable bonds is 5. The third-order valence-corrected chi connectivity index (χ3v) is 2.53. The van der Waals surface area contributed by atoms with Crippen molar-refractivity contribution >= 4 is 11.9 Å². The molecule has 1 rings (SSSR count). The van der Waals surface area contributed by atoms with Gasteiger partial charge >= 0.3 is 5.97 Å². The Hall–Kier alpha value is -1.78. The van der Waals surface area contributed by atoms with Gasteiger partial charge in [0.2, 0.25) is 0 Å². The van der Waals surface area contributed by atoms with Crippen LogP contribution in [0.4, 0.5) is 0 Å². The summed E-state index contributed by atoms with van der Waals surface area (Å²) < 4.78 is 4.92. The van der Waals surface area contributed by atoms with Gasteiger partial charge in [0.05, 0.1) is 6.26 Å². The SMILES string of the molecule is CC(C)(C)CCC(NC(=O)c1ccco1)C(=O)O. The van der Waals surface area contributed by atoms with Crippen LogP contribution in [0.2, 0.25) is 0 Å². The molecule has 100 valence electrons. The molecule has 0 aliphatic heterocycles. The van der Waals surface area contributed by atoms with E-state index < -0.39 is 17.9 Å². The Kier molecular flexibility index (Phi) is 4.53. The van der Waals surface area contributed by atoms with E-state index in [0.717, 1.165) is 0 Å². The van der Waals surface area contributed by atoms with Crippen molar-refractivity contribution in [2.45, 2.75) is 39.7 Å². The Morgan fingerprint density at radius 2 is 2.11 bits per heavy atom. The van der Waals surface area contributed by atoms with Gasteiger partial charge in [-0.2, -0.15) is 0 Å². The van der Waals surface area contributed by atoms with E-state index in [0.29, 0.717) is 12.8 Å². The molecule has 1 unspecified atom stereocenters. The molecule has 18 heavy (non-hydrogen) atoms. The molecule has 2 N–H and O–H groups in total. The lowest BCUT2D eigenvalue weighted by molar-refractivity contribution is -0.139. The van der Waals surface area contributed by atoms with Crippen molar-refractivity contribution in [1.29, 1.82) is 0 Å². The second kappa shape index (κ2) is 5.71. The first-order valence-corrected chi connectivity index (χ1v) is 5.87. The van der Waals surface area contributed by atoms with E-state index in [1.54, 1.807) is 6.07 Å². The summed E-state index contributed by atoms with van der Waals surface area (Å²) in [6.07, 6.45) is 2.48. The van der Waals surface area contributed by atoms with E-state index in [9.17, 15) is 9.59 Å². The van der Waals surface area contributed by atoms with Crippen molar-refractivity contribution < 1.29 is 19.1 Å². The van der Waals surface area contributed by atoms with Gasteiger partial charge in [0.25, 0.3) is 5.91 Å². The number of nitrogens with one attached hydrogen (secondary N) is 1. The number of carbonyl (C=O) groups is 2. The molecule has 0 saturated heterocycles. The van der Waals surface area contributed by atoms with Crippen LogP contribution in [0.15, 0.2) is 22.8 Å². The summed E-state index contributed by atoms with van der Waals surface area (Å²) in [6, 6.07) is 2.19. The van der Waals surface area contributed by atoms with Crippen LogP contribution < -0.4 is 5.32 Å². The maximum Gasteiger partial charge on any atom is 0.326 e. The van der Waals surface area contributed by atoms with Crippen molar-refractivity contribution in [3.63, 3.8) is 0 Å². The summed E-state index contributed by atoms with van der Waals surface area (Å²) >= 11 is 0. The van der Waals surface area contributed by atoms with Crippen LogP contribution in [0.25, 0.3) is 0 Å². The molecule has 0 aliphatic carbocycles. The lowest BCUT2D eigenvalue weighted by Crippen LogP contribution is -2.41. The molecule has 1 aromatic heterocycles. The number of carbonyl (C=O) groups excluding carboxylic acids is 1. The van der Waals surface area contributed by atoms with Crippen LogP contribution in [0.5, 0.6) is 0 Å². The minimum Gasteiger partial charge on any atom is -0.480 e. The van der Waals surface area contributed by atoms with Crippen LogP contribution in [-0.4, -0.2) is 23.0 Å². The predicted octanol–water partition coefficient (Wildman–Crippen LogP) is 2.29. The van der Waals surface area contributed by atoms with E-state index in [1.807, 2.05) is 20.8 Å². The molecule has 1 aromatic rings. The Labute approximate surface area is 106 Å². The summed E-state index contributed by atoms with van der Waals surface area (Å²) in [5.41, 5.74) is 0.0309. The largest absolute Gasteiger partial charge is 0.480 e. The molecule has 1 amide bonds. The van der Waals surface area contributed by atoms with Crippen molar-refractivity contribution in [1.82, 2.24) is 5.32 Å². The molecule has 0 aromatic carbocycles. The fourth-order valence-electron chi connectivity index (χ4n) is 1.47. The molecular formula is C13H19NO4. The van der Waals surface area contributed by atoms with Crippen molar-refractivity contribution in [3.8, 4) is 0 Å². The van der Waals surface area contributed by atoms with E-state index in [-0.39, 0.29) is 11.2 Å². The van der Waals surface area contributed by atoms with E-state index >= 15 is 0 Å². The van der Waals surface area contributed by atoms with Crippen LogP contribution in [0.1, 0.15) is 44.2 Å². The quantitative estimate of drug-likeness (QED) is 0.843.